The molecule has 4 amide bonds. The molecule has 4 N–H and O–H groups in total. The molecular weight excluding hydrogens is 737 g/mol. The number of likely N-dealkylation sites (tertiary alicyclic amines) is 1. The van der Waals surface area contributed by atoms with Crippen LogP contribution in [0.5, 0.6) is 5.75 Å². The first-order valence-electron chi connectivity index (χ1n) is 19.1. The molecule has 2 saturated carbocycles. The van der Waals surface area contributed by atoms with E-state index in [2.05, 4.69) is 27.5 Å². The van der Waals surface area contributed by atoms with E-state index in [4.69, 9.17) is 14.5 Å². The molecule has 0 radical (unpaired) electrons. The molecule has 5 atom stereocenters. The lowest BCUT2D eigenvalue weighted by atomic mass is 9.85. The Morgan fingerprint density at radius 2 is 1.75 bits per heavy atom. The predicted octanol–water partition coefficient (Wildman–Crippen LogP) is 6.23. The molecule has 56 heavy (non-hydrogen) atoms. The van der Waals surface area contributed by atoms with Gasteiger partial charge in [-0.15, -0.1) is 17.9 Å². The Hall–Kier alpha value is -5.05. The zero-order valence-corrected chi connectivity index (χ0v) is 33.9. The third kappa shape index (κ3) is 8.67. The summed E-state index contributed by atoms with van der Waals surface area (Å²) in [6.45, 7) is 16.5. The second-order valence-corrected chi connectivity index (χ2v) is 18.2. The van der Waals surface area contributed by atoms with Crippen LogP contribution in [0.25, 0.3) is 22.3 Å². The van der Waals surface area contributed by atoms with E-state index in [1.165, 1.54) is 22.3 Å². The molecule has 3 heterocycles. The highest BCUT2D eigenvalue weighted by atomic mass is 32.1. The number of nitrogens with one attached hydrogen (secondary N) is 3. The first-order valence-corrected chi connectivity index (χ1v) is 20.0. The van der Waals surface area contributed by atoms with Crippen molar-refractivity contribution in [3.63, 3.8) is 0 Å². The number of carboxylic acids is 1. The van der Waals surface area contributed by atoms with Gasteiger partial charge in [-0.05, 0) is 62.1 Å². The number of aromatic nitrogens is 2. The normalized spacial score (nSPS) is 23.0. The Bertz CT molecular complexity index is 2050. The molecule has 3 aromatic rings. The van der Waals surface area contributed by atoms with Gasteiger partial charge >= 0.3 is 12.1 Å². The van der Waals surface area contributed by atoms with E-state index in [0.717, 1.165) is 31.2 Å². The minimum absolute atomic E-state index is 0.0293. The lowest BCUT2D eigenvalue weighted by molar-refractivity contribution is -0.146. The van der Waals surface area contributed by atoms with E-state index in [1.54, 1.807) is 11.4 Å². The van der Waals surface area contributed by atoms with E-state index >= 15 is 0 Å². The number of fused-ring (bicyclic) bond motifs is 1. The highest BCUT2D eigenvalue weighted by Gasteiger charge is 2.61. The number of nitrogens with zero attached hydrogens (tertiary/aromatic N) is 3. The molecule has 2 aromatic heterocycles. The number of alkyl carbamates (subject to hydrolysis) is 1. The number of rotatable bonds is 11. The van der Waals surface area contributed by atoms with Crippen LogP contribution in [-0.4, -0.2) is 86.1 Å². The summed E-state index contributed by atoms with van der Waals surface area (Å²) < 4.78 is 12.3. The second-order valence-electron chi connectivity index (χ2n) is 17.3. The van der Waals surface area contributed by atoms with E-state index in [9.17, 15) is 29.1 Å². The highest BCUT2D eigenvalue weighted by Crippen LogP contribution is 2.45. The molecule has 1 aliphatic heterocycles. The predicted molar refractivity (Wildman–Crippen MR) is 212 cm³/mol. The Morgan fingerprint density at radius 1 is 1.04 bits per heavy atom. The van der Waals surface area contributed by atoms with E-state index in [-0.39, 0.29) is 31.4 Å². The van der Waals surface area contributed by atoms with E-state index in [1.807, 2.05) is 66.7 Å². The third-order valence-corrected chi connectivity index (χ3v) is 11.5. The minimum atomic E-state index is -1.52. The number of hydrogen-bond donors (Lipinski definition) is 4. The van der Waals surface area contributed by atoms with Gasteiger partial charge in [-0.3, -0.25) is 14.4 Å². The van der Waals surface area contributed by atoms with Crippen molar-refractivity contribution < 1.29 is 38.6 Å². The molecule has 0 spiro atoms. The molecule has 1 aromatic carbocycles. The van der Waals surface area contributed by atoms with Gasteiger partial charge in [0.15, 0.2) is 5.13 Å². The fourth-order valence-electron chi connectivity index (χ4n) is 7.27. The molecule has 15 heteroatoms. The van der Waals surface area contributed by atoms with E-state index < -0.39 is 64.4 Å². The van der Waals surface area contributed by atoms with Crippen LogP contribution in [0.4, 0.5) is 9.93 Å². The maximum Gasteiger partial charge on any atom is 0.408 e. The Kier molecular flexibility index (Phi) is 11.2. The van der Waals surface area contributed by atoms with Crippen molar-refractivity contribution >= 4 is 57.2 Å². The summed E-state index contributed by atoms with van der Waals surface area (Å²) in [7, 11) is 0. The largest absolute Gasteiger partial charge is 0.488 e. The number of thiazole rings is 1. The van der Waals surface area contributed by atoms with Gasteiger partial charge in [0, 0.05) is 34.6 Å². The van der Waals surface area contributed by atoms with Gasteiger partial charge in [-0.2, -0.15) is 0 Å². The number of hydrogen-bond acceptors (Lipinski definition) is 10. The Labute approximate surface area is 330 Å². The smallest absolute Gasteiger partial charge is 0.408 e. The van der Waals surface area contributed by atoms with Gasteiger partial charge < -0.3 is 35.4 Å². The van der Waals surface area contributed by atoms with Gasteiger partial charge in [0.05, 0.1) is 17.8 Å². The lowest BCUT2D eigenvalue weighted by Gasteiger charge is -2.35. The van der Waals surface area contributed by atoms with Crippen molar-refractivity contribution in [2.75, 3.05) is 11.9 Å². The SMILES string of the molecule is C=C[C@@H]1C[C@]1(NC(=O)[C@@H]1C[C@@H](Oc2cc(-c3csc(NC(=O)C(C)(C)C)n3)nc3cc(C)ccc23)CN1C(=O)[C@@H](NC(=O)OC1CCCC1)C(C)(C)C)C(=O)O. The number of amides is 4. The topological polar surface area (TPSA) is 189 Å². The summed E-state index contributed by atoms with van der Waals surface area (Å²) in [5.74, 6) is -2.53. The number of carbonyl (C=O) groups excluding carboxylic acids is 4. The number of pyridine rings is 1. The molecule has 300 valence electrons. The monoisotopic (exact) mass is 788 g/mol. The van der Waals surface area contributed by atoms with Crippen molar-refractivity contribution in [2.45, 2.75) is 117 Å². The van der Waals surface area contributed by atoms with Gasteiger partial charge in [0.2, 0.25) is 17.7 Å². The van der Waals surface area contributed by atoms with Crippen molar-refractivity contribution in [3.05, 3.63) is 47.9 Å². The van der Waals surface area contributed by atoms with Crippen LogP contribution in [0.15, 0.2) is 42.3 Å². The van der Waals surface area contributed by atoms with Crippen LogP contribution in [0, 0.1) is 23.7 Å². The van der Waals surface area contributed by atoms with Crippen LogP contribution in [0.1, 0.15) is 85.6 Å². The van der Waals surface area contributed by atoms with Crippen LogP contribution in [0.3, 0.4) is 0 Å². The van der Waals surface area contributed by atoms with Crippen LogP contribution < -0.4 is 20.7 Å². The van der Waals surface area contributed by atoms with Crippen molar-refractivity contribution in [3.8, 4) is 17.1 Å². The molecule has 2 aliphatic carbocycles. The summed E-state index contributed by atoms with van der Waals surface area (Å²) in [6.07, 6.45) is 3.53. The van der Waals surface area contributed by atoms with Gasteiger partial charge in [-0.1, -0.05) is 53.7 Å². The second kappa shape index (κ2) is 15.5. The summed E-state index contributed by atoms with van der Waals surface area (Å²) in [6, 6.07) is 5.30. The summed E-state index contributed by atoms with van der Waals surface area (Å²) in [5.41, 5.74) is -0.295. The number of aryl methyl sites for hydroxylation is 1. The quantitative estimate of drug-likeness (QED) is 0.162. The number of carboxylic acid groups (broad SMARTS) is 1. The summed E-state index contributed by atoms with van der Waals surface area (Å²) >= 11 is 1.27. The highest BCUT2D eigenvalue weighted by molar-refractivity contribution is 7.14. The standard InChI is InChI=1S/C41H52N6O8S/c1-9-23-19-41(23,36(51)52)46-33(48)30-17-25(20-47(30)34(49)32(39(3,4)5)44-38(53)55-24-12-10-11-13-24)54-31-18-28(42-27-16-22(2)14-15-26(27)31)29-21-56-37(43-29)45-35(50)40(6,7)8/h9,14-16,18,21,23-25,30,32H,1,10-13,17,19-20H2,2-8H3,(H,44,53)(H,46,48)(H,51,52)(H,43,45,50)/t23-,25-,30+,32-,41-/m1/s1. The molecule has 1 saturated heterocycles. The van der Waals surface area contributed by atoms with Gasteiger partial charge in [0.1, 0.15) is 41.3 Å². The zero-order chi connectivity index (χ0) is 40.7. The lowest BCUT2D eigenvalue weighted by Crippen LogP contribution is -2.59. The number of carbonyl (C=O) groups is 5. The summed E-state index contributed by atoms with van der Waals surface area (Å²) in [4.78, 5) is 77.7. The maximum atomic E-state index is 14.6. The average molecular weight is 789 g/mol. The first kappa shape index (κ1) is 40.6. The number of benzene rings is 1. The minimum Gasteiger partial charge on any atom is -0.488 e. The maximum absolute atomic E-state index is 14.6. The zero-order valence-electron chi connectivity index (χ0n) is 33.1. The van der Waals surface area contributed by atoms with Gasteiger partial charge in [-0.25, -0.2) is 19.6 Å². The van der Waals surface area contributed by atoms with Crippen molar-refractivity contribution in [2.24, 2.45) is 16.7 Å². The number of anilines is 1. The third-order valence-electron chi connectivity index (χ3n) is 10.7. The Morgan fingerprint density at radius 3 is 2.38 bits per heavy atom. The number of ether oxygens (including phenoxy) is 2. The van der Waals surface area contributed by atoms with E-state index in [0.29, 0.717) is 33.2 Å². The Balaban J connectivity index is 1.31. The first-order chi connectivity index (χ1) is 26.3. The molecule has 3 aliphatic rings. The fraction of sp³-hybridized carbons (Fsp3) is 0.537. The molecule has 0 bridgehead atoms. The molecule has 0 unspecified atom stereocenters. The molecule has 14 nitrogen and oxygen atoms in total. The van der Waals surface area contributed by atoms with Crippen LogP contribution in [-0.2, 0) is 23.9 Å². The van der Waals surface area contributed by atoms with Crippen molar-refractivity contribution in [1.82, 2.24) is 25.5 Å². The number of aliphatic carboxylic acids is 1. The van der Waals surface area contributed by atoms with Crippen LogP contribution >= 0.6 is 11.3 Å². The van der Waals surface area contributed by atoms with Crippen LogP contribution in [0.2, 0.25) is 0 Å². The molecule has 3 fully saturated rings. The van der Waals surface area contributed by atoms with Crippen molar-refractivity contribution in [1.29, 1.82) is 0 Å². The molecular formula is C41H52N6O8S. The fourth-order valence-corrected chi connectivity index (χ4v) is 7.97. The summed E-state index contributed by atoms with van der Waals surface area (Å²) in [5, 5.41) is 21.4. The van der Waals surface area contributed by atoms with Gasteiger partial charge in [0.25, 0.3) is 0 Å². The average Bonchev–Trinajstić information content (AvgIpc) is 3.52. The molecule has 6 rings (SSSR count).